The van der Waals surface area contributed by atoms with Gasteiger partial charge in [0.05, 0.1) is 13.2 Å². The average molecular weight is 309 g/mol. The summed E-state index contributed by atoms with van der Waals surface area (Å²) >= 11 is 0. The van der Waals surface area contributed by atoms with E-state index in [9.17, 15) is 9.59 Å². The fraction of sp³-hybridized carbons (Fsp3) is 0.875. The lowest BCUT2D eigenvalue weighted by Gasteiger charge is -2.34. The Labute approximate surface area is 132 Å². The number of hydrogen-bond acceptors (Lipinski definition) is 4. The molecule has 22 heavy (non-hydrogen) atoms. The minimum atomic E-state index is -0.757. The number of carbonyl (C=O) groups excluding carboxylic acids is 2. The first kappa shape index (κ1) is 15.7. The standard InChI is InChI=1S/C16H27N3O3/c1-3-12-10-19(11-13(12)18-6-8-22-9-7-18)15(21)16(4-5-16)14(20)17-2/h12-13H,3-11H2,1-2H3,(H,17,20)/t12-,13+/m1/s1. The number of hydrogen-bond donors (Lipinski definition) is 1. The number of morpholine rings is 1. The van der Waals surface area contributed by atoms with Gasteiger partial charge in [-0.1, -0.05) is 13.3 Å². The van der Waals surface area contributed by atoms with Gasteiger partial charge in [0, 0.05) is 39.3 Å². The zero-order valence-corrected chi connectivity index (χ0v) is 13.6. The molecule has 1 saturated carbocycles. The van der Waals surface area contributed by atoms with E-state index in [2.05, 4.69) is 17.1 Å². The van der Waals surface area contributed by atoms with Crippen molar-refractivity contribution in [1.82, 2.24) is 15.1 Å². The fourth-order valence-electron chi connectivity index (χ4n) is 3.95. The van der Waals surface area contributed by atoms with Crippen molar-refractivity contribution in [3.63, 3.8) is 0 Å². The Morgan fingerprint density at radius 2 is 1.91 bits per heavy atom. The fourth-order valence-corrected chi connectivity index (χ4v) is 3.95. The summed E-state index contributed by atoms with van der Waals surface area (Å²) in [6, 6.07) is 0.415. The van der Waals surface area contributed by atoms with Gasteiger partial charge >= 0.3 is 0 Å². The highest BCUT2D eigenvalue weighted by atomic mass is 16.5. The van der Waals surface area contributed by atoms with Gasteiger partial charge in [0.1, 0.15) is 5.41 Å². The van der Waals surface area contributed by atoms with Gasteiger partial charge in [0.15, 0.2) is 0 Å². The zero-order chi connectivity index (χ0) is 15.7. The van der Waals surface area contributed by atoms with E-state index in [1.54, 1.807) is 7.05 Å². The number of ether oxygens (including phenoxy) is 1. The lowest BCUT2D eigenvalue weighted by molar-refractivity contribution is -0.143. The van der Waals surface area contributed by atoms with E-state index in [1.807, 2.05) is 4.90 Å². The highest BCUT2D eigenvalue weighted by molar-refractivity contribution is 6.07. The van der Waals surface area contributed by atoms with E-state index < -0.39 is 5.41 Å². The largest absolute Gasteiger partial charge is 0.379 e. The van der Waals surface area contributed by atoms with Crippen LogP contribution in [0.25, 0.3) is 0 Å². The van der Waals surface area contributed by atoms with E-state index in [0.717, 1.165) is 45.8 Å². The van der Waals surface area contributed by atoms with Crippen molar-refractivity contribution in [3.05, 3.63) is 0 Å². The van der Waals surface area contributed by atoms with Gasteiger partial charge in [-0.3, -0.25) is 14.5 Å². The molecule has 0 aromatic heterocycles. The molecule has 2 aliphatic heterocycles. The van der Waals surface area contributed by atoms with Crippen molar-refractivity contribution in [2.45, 2.75) is 32.2 Å². The summed E-state index contributed by atoms with van der Waals surface area (Å²) in [7, 11) is 1.62. The van der Waals surface area contributed by atoms with Crippen LogP contribution in [0.1, 0.15) is 26.2 Å². The molecule has 2 saturated heterocycles. The average Bonchev–Trinajstić information content (AvgIpc) is 3.27. The molecule has 3 aliphatic rings. The van der Waals surface area contributed by atoms with Crippen molar-refractivity contribution in [2.24, 2.45) is 11.3 Å². The van der Waals surface area contributed by atoms with Gasteiger partial charge in [0.2, 0.25) is 11.8 Å². The summed E-state index contributed by atoms with van der Waals surface area (Å²) < 4.78 is 5.44. The molecule has 1 N–H and O–H groups in total. The maximum Gasteiger partial charge on any atom is 0.238 e. The molecular formula is C16H27N3O3. The van der Waals surface area contributed by atoms with E-state index >= 15 is 0 Å². The molecular weight excluding hydrogens is 282 g/mol. The lowest BCUT2D eigenvalue weighted by atomic mass is 9.99. The molecule has 2 atom stereocenters. The number of rotatable bonds is 4. The third-order valence-electron chi connectivity index (χ3n) is 5.55. The highest BCUT2D eigenvalue weighted by Gasteiger charge is 2.58. The summed E-state index contributed by atoms with van der Waals surface area (Å²) in [5, 5.41) is 2.66. The van der Waals surface area contributed by atoms with Crippen LogP contribution in [-0.2, 0) is 14.3 Å². The first-order valence-corrected chi connectivity index (χ1v) is 8.45. The van der Waals surface area contributed by atoms with Crippen LogP contribution in [0.2, 0.25) is 0 Å². The predicted octanol–water partition coefficient (Wildman–Crippen LogP) is 0.0818. The maximum atomic E-state index is 12.8. The topological polar surface area (TPSA) is 61.9 Å². The number of amides is 2. The molecule has 0 radical (unpaired) electrons. The molecule has 2 amide bonds. The second-order valence-electron chi connectivity index (χ2n) is 6.76. The van der Waals surface area contributed by atoms with Crippen LogP contribution in [0.15, 0.2) is 0 Å². The van der Waals surface area contributed by atoms with Gasteiger partial charge < -0.3 is 15.0 Å². The van der Waals surface area contributed by atoms with E-state index in [4.69, 9.17) is 4.74 Å². The molecule has 2 heterocycles. The third-order valence-corrected chi connectivity index (χ3v) is 5.55. The normalized spacial score (nSPS) is 31.1. The smallest absolute Gasteiger partial charge is 0.238 e. The molecule has 0 aromatic rings. The monoisotopic (exact) mass is 309 g/mol. The Morgan fingerprint density at radius 3 is 2.45 bits per heavy atom. The summed E-state index contributed by atoms with van der Waals surface area (Å²) in [4.78, 5) is 29.3. The van der Waals surface area contributed by atoms with Crippen LogP contribution in [0, 0.1) is 11.3 Å². The Balaban J connectivity index is 1.68. The first-order chi connectivity index (χ1) is 10.6. The summed E-state index contributed by atoms with van der Waals surface area (Å²) in [6.45, 7) is 7.20. The molecule has 6 heteroatoms. The maximum absolute atomic E-state index is 12.8. The van der Waals surface area contributed by atoms with Gasteiger partial charge in [-0.15, -0.1) is 0 Å². The minimum absolute atomic E-state index is 0.0426. The summed E-state index contributed by atoms with van der Waals surface area (Å²) in [6.07, 6.45) is 2.46. The van der Waals surface area contributed by atoms with Crippen molar-refractivity contribution < 1.29 is 14.3 Å². The van der Waals surface area contributed by atoms with Crippen LogP contribution in [-0.4, -0.2) is 74.1 Å². The second kappa shape index (κ2) is 6.16. The SMILES string of the molecule is CC[C@@H]1CN(C(=O)C2(C(=O)NC)CC2)C[C@@H]1N1CCOCC1. The third kappa shape index (κ3) is 2.63. The van der Waals surface area contributed by atoms with Gasteiger partial charge in [-0.2, -0.15) is 0 Å². The molecule has 3 rings (SSSR count). The first-order valence-electron chi connectivity index (χ1n) is 8.45. The van der Waals surface area contributed by atoms with E-state index in [1.165, 1.54) is 0 Å². The predicted molar refractivity (Wildman–Crippen MR) is 82.3 cm³/mol. The van der Waals surface area contributed by atoms with Crippen LogP contribution >= 0.6 is 0 Å². The Bertz CT molecular complexity index is 444. The highest BCUT2D eigenvalue weighted by Crippen LogP contribution is 2.48. The van der Waals surface area contributed by atoms with Gasteiger partial charge in [-0.05, 0) is 18.8 Å². The number of nitrogens with zero attached hydrogens (tertiary/aromatic N) is 2. The zero-order valence-electron chi connectivity index (χ0n) is 13.6. The van der Waals surface area contributed by atoms with Gasteiger partial charge in [0.25, 0.3) is 0 Å². The Morgan fingerprint density at radius 1 is 1.23 bits per heavy atom. The number of carbonyl (C=O) groups is 2. The number of nitrogens with one attached hydrogen (secondary N) is 1. The Kier molecular flexibility index (Phi) is 4.41. The molecule has 6 nitrogen and oxygen atoms in total. The molecule has 0 aromatic carbocycles. The molecule has 3 fully saturated rings. The minimum Gasteiger partial charge on any atom is -0.379 e. The Hall–Kier alpha value is -1.14. The van der Waals surface area contributed by atoms with Crippen LogP contribution in [0.3, 0.4) is 0 Å². The quantitative estimate of drug-likeness (QED) is 0.747. The van der Waals surface area contributed by atoms with E-state index in [-0.39, 0.29) is 11.8 Å². The summed E-state index contributed by atoms with van der Waals surface area (Å²) in [5.41, 5.74) is -0.757. The molecule has 124 valence electrons. The molecule has 1 aliphatic carbocycles. The van der Waals surface area contributed by atoms with Crippen LogP contribution in [0.5, 0.6) is 0 Å². The lowest BCUT2D eigenvalue weighted by Crippen LogP contribution is -2.48. The second-order valence-corrected chi connectivity index (χ2v) is 6.76. The molecule has 0 bridgehead atoms. The van der Waals surface area contributed by atoms with Crippen LogP contribution in [0.4, 0.5) is 0 Å². The molecule has 0 spiro atoms. The number of likely N-dealkylation sites (tertiary alicyclic amines) is 1. The van der Waals surface area contributed by atoms with Crippen molar-refractivity contribution in [3.8, 4) is 0 Å². The van der Waals surface area contributed by atoms with Gasteiger partial charge in [-0.25, -0.2) is 0 Å². The van der Waals surface area contributed by atoms with Crippen molar-refractivity contribution in [2.75, 3.05) is 46.4 Å². The van der Waals surface area contributed by atoms with Crippen LogP contribution < -0.4 is 5.32 Å². The molecule has 0 unspecified atom stereocenters. The van der Waals surface area contributed by atoms with Crippen molar-refractivity contribution >= 4 is 11.8 Å². The summed E-state index contributed by atoms with van der Waals surface area (Å²) in [5.74, 6) is 0.434. The van der Waals surface area contributed by atoms with Crippen molar-refractivity contribution in [1.29, 1.82) is 0 Å². The van der Waals surface area contributed by atoms with E-state index in [0.29, 0.717) is 24.8 Å².